The molecule has 0 bridgehead atoms. The Labute approximate surface area is 369 Å². The largest absolute Gasteiger partial charge is 0.491 e. The molecule has 3 N–H and O–H groups in total. The number of nitrogens with zero attached hydrogens (tertiary/aromatic N) is 2. The van der Waals surface area contributed by atoms with E-state index >= 15 is 14.4 Å². The van der Waals surface area contributed by atoms with Gasteiger partial charge >= 0.3 is 17.9 Å². The zero-order valence-corrected chi connectivity index (χ0v) is 35.1. The molecule has 2 saturated heterocycles. The second-order valence-corrected chi connectivity index (χ2v) is 15.6. The Morgan fingerprint density at radius 3 is 2.25 bits per heavy atom. The molecule has 326 valence electrons. The molecule has 1 spiro atoms. The highest BCUT2D eigenvalue weighted by Crippen LogP contribution is 2.65. The average molecular weight is 863 g/mol. The molecule has 3 aliphatic rings. The molecule has 0 unspecified atom stereocenters. The third kappa shape index (κ3) is 7.95. The van der Waals surface area contributed by atoms with Crippen LogP contribution in [0.4, 0.5) is 5.69 Å². The predicted octanol–water partition coefficient (Wildman–Crippen LogP) is 4.79. The summed E-state index contributed by atoms with van der Waals surface area (Å²) in [6, 6.07) is 33.4. The molecule has 0 saturated carbocycles. The normalized spacial score (nSPS) is 22.0. The fourth-order valence-electron chi connectivity index (χ4n) is 9.41. The van der Waals surface area contributed by atoms with Crippen LogP contribution < -0.4 is 15.4 Å². The zero-order valence-electron chi connectivity index (χ0n) is 35.1. The number of morpholine rings is 1. The summed E-state index contributed by atoms with van der Waals surface area (Å²) in [6.45, 7) is -0.235. The third-order valence-electron chi connectivity index (χ3n) is 12.1. The van der Waals surface area contributed by atoms with Gasteiger partial charge in [-0.05, 0) is 53.1 Å². The highest BCUT2D eigenvalue weighted by Gasteiger charge is 2.74. The van der Waals surface area contributed by atoms with Crippen LogP contribution in [0, 0.1) is 23.7 Å². The van der Waals surface area contributed by atoms with E-state index in [2.05, 4.69) is 27.5 Å². The molecule has 0 radical (unpaired) electrons. The molecule has 64 heavy (non-hydrogen) atoms. The van der Waals surface area contributed by atoms with Crippen molar-refractivity contribution in [2.45, 2.75) is 42.5 Å². The molecule has 1 aromatic heterocycles. The number of aliphatic hydroxyl groups is 1. The minimum atomic E-state index is -1.86. The Bertz CT molecular complexity index is 2580. The van der Waals surface area contributed by atoms with Crippen molar-refractivity contribution < 1.29 is 48.0 Å². The number of benzene rings is 4. The molecule has 4 heterocycles. The monoisotopic (exact) mass is 862 g/mol. The second-order valence-electron chi connectivity index (χ2n) is 15.6. The molecule has 8 rings (SSSR count). The van der Waals surface area contributed by atoms with E-state index in [0.717, 1.165) is 11.3 Å². The Hall–Kier alpha value is -7.34. The van der Waals surface area contributed by atoms with Crippen molar-refractivity contribution in [1.82, 2.24) is 15.2 Å². The van der Waals surface area contributed by atoms with Gasteiger partial charge in [-0.1, -0.05) is 96.8 Å². The number of anilines is 1. The molecule has 3 aliphatic heterocycles. The van der Waals surface area contributed by atoms with Gasteiger partial charge in [0.2, 0.25) is 11.8 Å². The quantitative estimate of drug-likeness (QED) is 0.0639. The number of aromatic nitrogens is 1. The summed E-state index contributed by atoms with van der Waals surface area (Å²) in [4.78, 5) is 77.4. The average Bonchev–Trinajstić information content (AvgIpc) is 3.81. The molecule has 2 fully saturated rings. The molecular weight excluding hydrogens is 817 g/mol. The van der Waals surface area contributed by atoms with Gasteiger partial charge in [-0.25, -0.2) is 0 Å². The van der Waals surface area contributed by atoms with Gasteiger partial charge in [0.15, 0.2) is 5.92 Å². The molecule has 6 atom stereocenters. The summed E-state index contributed by atoms with van der Waals surface area (Å²) in [5.41, 5.74) is 2.02. The number of rotatable bonds is 13. The summed E-state index contributed by atoms with van der Waals surface area (Å²) in [5, 5.41) is 16.1. The van der Waals surface area contributed by atoms with Crippen LogP contribution in [0.25, 0.3) is 0 Å². The van der Waals surface area contributed by atoms with Crippen LogP contribution in [-0.2, 0) is 50.0 Å². The molecular formula is C50H46N4O10. The summed E-state index contributed by atoms with van der Waals surface area (Å²) in [5.74, 6) is 0.166. The first-order valence-corrected chi connectivity index (χ1v) is 20.9. The Kier molecular flexibility index (Phi) is 12.8. The van der Waals surface area contributed by atoms with Gasteiger partial charge in [-0.15, -0.1) is 0 Å². The molecule has 0 aliphatic carbocycles. The summed E-state index contributed by atoms with van der Waals surface area (Å²) in [6.07, 6.45) is 0.926. The summed E-state index contributed by atoms with van der Waals surface area (Å²) >= 11 is 0. The van der Waals surface area contributed by atoms with Crippen molar-refractivity contribution in [3.05, 3.63) is 161 Å². The number of fused-ring (bicyclic) bond motifs is 3. The lowest BCUT2D eigenvalue weighted by molar-refractivity contribution is -0.178. The van der Waals surface area contributed by atoms with Crippen molar-refractivity contribution in [2.24, 2.45) is 11.8 Å². The first-order valence-electron chi connectivity index (χ1n) is 20.9. The maximum atomic E-state index is 15.6. The topological polar surface area (TPSA) is 183 Å². The van der Waals surface area contributed by atoms with Crippen LogP contribution in [0.3, 0.4) is 0 Å². The maximum Gasteiger partial charge on any atom is 0.324 e. The summed E-state index contributed by atoms with van der Waals surface area (Å²) in [7, 11) is 2.33. The van der Waals surface area contributed by atoms with Gasteiger partial charge in [0, 0.05) is 48.1 Å². The SMILES string of the molecule is COC(=O)C(CC#Cc1ccc2c(c1)[C@]1(C(=O)N2)[C@H](C(=O)NCCc2ccccn2)[C@H]2C(=O)O[C@H](c3ccccc3)[C@H](c3ccccc3)N2[C@@H]1c1ccccc1OCCO)C(=O)OC. The highest BCUT2D eigenvalue weighted by atomic mass is 16.6. The van der Waals surface area contributed by atoms with Crippen LogP contribution in [0.2, 0.25) is 0 Å². The van der Waals surface area contributed by atoms with Crippen molar-refractivity contribution in [3.8, 4) is 17.6 Å². The fourth-order valence-corrected chi connectivity index (χ4v) is 9.41. The number of carbonyl (C=O) groups excluding carboxylic acids is 5. The zero-order chi connectivity index (χ0) is 44.8. The number of para-hydroxylation sites is 1. The van der Waals surface area contributed by atoms with E-state index in [1.165, 1.54) is 14.2 Å². The van der Waals surface area contributed by atoms with E-state index in [4.69, 9.17) is 18.9 Å². The number of ether oxygens (including phenoxy) is 4. The predicted molar refractivity (Wildman–Crippen MR) is 232 cm³/mol. The second kappa shape index (κ2) is 19.0. The van der Waals surface area contributed by atoms with Crippen molar-refractivity contribution in [2.75, 3.05) is 39.3 Å². The third-order valence-corrected chi connectivity index (χ3v) is 12.1. The van der Waals surface area contributed by atoms with Crippen LogP contribution in [0.5, 0.6) is 5.75 Å². The number of aliphatic hydroxyl groups excluding tert-OH is 1. The number of hydrogen-bond acceptors (Lipinski definition) is 12. The van der Waals surface area contributed by atoms with Gasteiger partial charge in [0.1, 0.15) is 29.9 Å². The molecule has 14 heteroatoms. The van der Waals surface area contributed by atoms with Crippen molar-refractivity contribution in [1.29, 1.82) is 0 Å². The van der Waals surface area contributed by atoms with E-state index in [1.807, 2.05) is 83.8 Å². The number of pyridine rings is 1. The number of nitrogens with one attached hydrogen (secondary N) is 2. The van der Waals surface area contributed by atoms with Gasteiger partial charge in [-0.2, -0.15) is 0 Å². The van der Waals surface area contributed by atoms with Gasteiger partial charge in [0.25, 0.3) is 0 Å². The number of methoxy groups -OCH3 is 2. The van der Waals surface area contributed by atoms with E-state index < -0.39 is 71.2 Å². The molecule has 5 aromatic rings. The lowest BCUT2D eigenvalue weighted by Gasteiger charge is -2.46. The van der Waals surface area contributed by atoms with E-state index in [9.17, 15) is 14.7 Å². The molecule has 14 nitrogen and oxygen atoms in total. The lowest BCUT2D eigenvalue weighted by atomic mass is 9.65. The van der Waals surface area contributed by atoms with Crippen LogP contribution in [0.15, 0.2) is 128 Å². The highest BCUT2D eigenvalue weighted by molar-refractivity contribution is 6.12. The number of esters is 3. The fraction of sp³-hybridized carbons (Fsp3) is 0.280. The van der Waals surface area contributed by atoms with Gasteiger partial charge in [0.05, 0.1) is 38.8 Å². The van der Waals surface area contributed by atoms with Crippen LogP contribution in [-0.4, -0.2) is 84.7 Å². The van der Waals surface area contributed by atoms with Crippen LogP contribution >= 0.6 is 0 Å². The first kappa shape index (κ1) is 43.3. The Morgan fingerprint density at radius 1 is 0.875 bits per heavy atom. The Morgan fingerprint density at radius 2 is 1.56 bits per heavy atom. The van der Waals surface area contributed by atoms with Crippen molar-refractivity contribution >= 4 is 35.4 Å². The number of carbonyl (C=O) groups is 5. The first-order chi connectivity index (χ1) is 31.2. The summed E-state index contributed by atoms with van der Waals surface area (Å²) < 4.78 is 22.4. The minimum absolute atomic E-state index is 0.0743. The standard InChI is InChI=1S/C50H46N4O10/c1-61-46(57)36(47(58)62-2)21-13-14-31-23-24-38-37(30-31)50(49(60)53-38)40(45(56)52-27-25-34-19-11-12-26-51-34)42-48(59)64-43(33-17-7-4-8-18-33)41(32-15-5-3-6-16-32)54(42)44(50)35-20-9-10-22-39(35)63-29-28-55/h3-12,15-20,22-24,26,30,36,40-44,55H,21,25,27-29H2,1-2H3,(H,52,56)(H,53,60)/t40-,41-,42-,43+,44+,50-/m0/s1. The van der Waals surface area contributed by atoms with Gasteiger partial charge < -0.3 is 34.7 Å². The van der Waals surface area contributed by atoms with Crippen LogP contribution in [0.1, 0.15) is 58.1 Å². The smallest absolute Gasteiger partial charge is 0.324 e. The Balaban J connectivity index is 1.37. The minimum Gasteiger partial charge on any atom is -0.491 e. The number of amides is 2. The van der Waals surface area contributed by atoms with Gasteiger partial charge in [-0.3, -0.25) is 33.9 Å². The van der Waals surface area contributed by atoms with E-state index in [0.29, 0.717) is 40.1 Å². The van der Waals surface area contributed by atoms with E-state index in [1.54, 1.807) is 48.7 Å². The number of hydrogen-bond donors (Lipinski definition) is 3. The number of cyclic esters (lactones) is 1. The molecule has 2 amide bonds. The lowest BCUT2D eigenvalue weighted by Crippen LogP contribution is -2.55. The molecule has 4 aromatic carbocycles. The maximum absolute atomic E-state index is 15.6. The van der Waals surface area contributed by atoms with E-state index in [-0.39, 0.29) is 26.2 Å². The van der Waals surface area contributed by atoms with Crippen molar-refractivity contribution in [3.63, 3.8) is 0 Å².